The lowest BCUT2D eigenvalue weighted by Crippen LogP contribution is -2.17. The summed E-state index contributed by atoms with van der Waals surface area (Å²) in [6, 6.07) is 12.2. The van der Waals surface area contributed by atoms with Crippen molar-refractivity contribution in [3.8, 4) is 11.5 Å². The van der Waals surface area contributed by atoms with Gasteiger partial charge in [0.2, 0.25) is 0 Å². The number of nitrogens with one attached hydrogen (secondary N) is 1. The Labute approximate surface area is 146 Å². The highest BCUT2D eigenvalue weighted by Gasteiger charge is 2.08. The largest absolute Gasteiger partial charge is 0.490 e. The third-order valence-corrected chi connectivity index (χ3v) is 3.40. The Hall–Kier alpha value is -2.53. The first-order valence-electron chi connectivity index (χ1n) is 7.63. The molecule has 0 unspecified atom stereocenters. The Morgan fingerprint density at radius 1 is 1.12 bits per heavy atom. The van der Waals surface area contributed by atoms with E-state index in [-0.39, 0.29) is 5.91 Å². The molecule has 2 rings (SSSR count). The van der Waals surface area contributed by atoms with E-state index in [1.165, 1.54) is 6.21 Å². The van der Waals surface area contributed by atoms with Crippen LogP contribution in [-0.2, 0) is 0 Å². The van der Waals surface area contributed by atoms with Crippen LogP contribution < -0.4 is 14.9 Å². The van der Waals surface area contributed by atoms with Gasteiger partial charge in [0, 0.05) is 0 Å². The molecule has 0 aromatic heterocycles. The van der Waals surface area contributed by atoms with Crippen LogP contribution in [0.4, 0.5) is 0 Å². The zero-order valence-electron chi connectivity index (χ0n) is 13.6. The smallest absolute Gasteiger partial charge is 0.272 e. The number of hydrazone groups is 1. The maximum atomic E-state index is 12.0. The molecule has 126 valence electrons. The molecule has 1 N–H and O–H groups in total. The van der Waals surface area contributed by atoms with E-state index < -0.39 is 0 Å². The van der Waals surface area contributed by atoms with Gasteiger partial charge in [-0.2, -0.15) is 5.10 Å². The van der Waals surface area contributed by atoms with E-state index in [1.54, 1.807) is 30.3 Å². The summed E-state index contributed by atoms with van der Waals surface area (Å²) < 4.78 is 11.1. The first-order valence-corrected chi connectivity index (χ1v) is 8.01. The monoisotopic (exact) mass is 346 g/mol. The van der Waals surface area contributed by atoms with Crippen LogP contribution >= 0.6 is 11.6 Å². The first kappa shape index (κ1) is 17.8. The fraction of sp³-hybridized carbons (Fsp3) is 0.222. The summed E-state index contributed by atoms with van der Waals surface area (Å²) in [6.45, 7) is 4.90. The van der Waals surface area contributed by atoms with Crippen LogP contribution in [-0.4, -0.2) is 25.3 Å². The van der Waals surface area contributed by atoms with Crippen molar-refractivity contribution >= 4 is 23.7 Å². The number of hydrogen-bond acceptors (Lipinski definition) is 4. The van der Waals surface area contributed by atoms with Gasteiger partial charge in [0.05, 0.1) is 30.0 Å². The lowest BCUT2D eigenvalue weighted by molar-refractivity contribution is 0.0955. The number of amides is 1. The van der Waals surface area contributed by atoms with Gasteiger partial charge >= 0.3 is 0 Å². The minimum atomic E-state index is -0.368. The molecular formula is C18H19ClN2O3. The lowest BCUT2D eigenvalue weighted by Gasteiger charge is -2.11. The molecule has 24 heavy (non-hydrogen) atoms. The number of nitrogens with zero attached hydrogens (tertiary/aromatic N) is 1. The van der Waals surface area contributed by atoms with Gasteiger partial charge in [0.25, 0.3) is 5.91 Å². The second kappa shape index (κ2) is 8.93. The fourth-order valence-corrected chi connectivity index (χ4v) is 2.24. The van der Waals surface area contributed by atoms with Gasteiger partial charge < -0.3 is 9.47 Å². The highest BCUT2D eigenvalue weighted by Crippen LogP contribution is 2.28. The molecule has 0 saturated carbocycles. The van der Waals surface area contributed by atoms with Crippen molar-refractivity contribution in [3.63, 3.8) is 0 Å². The maximum absolute atomic E-state index is 12.0. The molecule has 0 spiro atoms. The molecule has 5 nitrogen and oxygen atoms in total. The number of ether oxygens (including phenoxy) is 2. The van der Waals surface area contributed by atoms with Crippen LogP contribution in [0.3, 0.4) is 0 Å². The first-order chi connectivity index (χ1) is 11.7. The predicted octanol–water partition coefficient (Wildman–Crippen LogP) is 3.90. The predicted molar refractivity (Wildman–Crippen MR) is 95.3 cm³/mol. The zero-order chi connectivity index (χ0) is 17.4. The quantitative estimate of drug-likeness (QED) is 0.611. The minimum Gasteiger partial charge on any atom is -0.490 e. The molecule has 0 radical (unpaired) electrons. The molecule has 0 fully saturated rings. The van der Waals surface area contributed by atoms with E-state index in [4.69, 9.17) is 21.1 Å². The van der Waals surface area contributed by atoms with Crippen molar-refractivity contribution in [2.75, 3.05) is 13.2 Å². The van der Waals surface area contributed by atoms with Crippen LogP contribution in [0.1, 0.15) is 29.8 Å². The van der Waals surface area contributed by atoms with Crippen molar-refractivity contribution in [1.82, 2.24) is 5.43 Å². The molecule has 0 bridgehead atoms. The second-order valence-corrected chi connectivity index (χ2v) is 5.16. The van der Waals surface area contributed by atoms with Crippen molar-refractivity contribution in [1.29, 1.82) is 0 Å². The Morgan fingerprint density at radius 3 is 2.54 bits per heavy atom. The lowest BCUT2D eigenvalue weighted by atomic mass is 10.2. The van der Waals surface area contributed by atoms with Gasteiger partial charge in [-0.1, -0.05) is 23.7 Å². The summed E-state index contributed by atoms with van der Waals surface area (Å²) >= 11 is 5.97. The number of rotatable bonds is 7. The Bertz CT molecular complexity index is 732. The zero-order valence-corrected chi connectivity index (χ0v) is 14.3. The number of benzene rings is 2. The van der Waals surface area contributed by atoms with Crippen LogP contribution in [0.25, 0.3) is 0 Å². The van der Waals surface area contributed by atoms with Gasteiger partial charge in [-0.25, -0.2) is 5.43 Å². The van der Waals surface area contributed by atoms with Gasteiger partial charge in [0.15, 0.2) is 11.5 Å². The summed E-state index contributed by atoms with van der Waals surface area (Å²) in [5.74, 6) is 0.949. The second-order valence-electron chi connectivity index (χ2n) is 4.75. The molecule has 0 heterocycles. The van der Waals surface area contributed by atoms with Crippen molar-refractivity contribution < 1.29 is 14.3 Å². The van der Waals surface area contributed by atoms with E-state index >= 15 is 0 Å². The summed E-state index contributed by atoms with van der Waals surface area (Å²) in [4.78, 5) is 12.0. The molecule has 0 aliphatic carbocycles. The van der Waals surface area contributed by atoms with Crippen molar-refractivity contribution in [2.45, 2.75) is 13.8 Å². The van der Waals surface area contributed by atoms with Crippen LogP contribution in [0.2, 0.25) is 5.02 Å². The van der Waals surface area contributed by atoms with Gasteiger partial charge in [0.1, 0.15) is 0 Å². The molecular weight excluding hydrogens is 328 g/mol. The van der Waals surface area contributed by atoms with E-state index in [2.05, 4.69) is 10.5 Å². The molecule has 6 heteroatoms. The number of carbonyl (C=O) groups excluding carboxylic acids is 1. The number of halogens is 1. The minimum absolute atomic E-state index is 0.368. The van der Waals surface area contributed by atoms with Gasteiger partial charge in [-0.3, -0.25) is 4.79 Å². The van der Waals surface area contributed by atoms with E-state index in [9.17, 15) is 4.79 Å². The van der Waals surface area contributed by atoms with Crippen LogP contribution in [0.5, 0.6) is 11.5 Å². The highest BCUT2D eigenvalue weighted by atomic mass is 35.5. The average Bonchev–Trinajstić information content (AvgIpc) is 2.58. The summed E-state index contributed by atoms with van der Waals surface area (Å²) in [5.41, 5.74) is 3.61. The molecule has 0 aliphatic rings. The molecule has 0 atom stereocenters. The highest BCUT2D eigenvalue weighted by molar-refractivity contribution is 6.33. The third-order valence-electron chi connectivity index (χ3n) is 3.07. The standard InChI is InChI=1S/C18H19ClN2O3/c1-3-23-16-10-9-13(11-17(16)24-4-2)12-20-21-18(22)14-7-5-6-8-15(14)19/h5-12H,3-4H2,1-2H3,(H,21,22)/b20-12-. The normalized spacial score (nSPS) is 10.6. The number of hydrogen-bond donors (Lipinski definition) is 1. The van der Waals surface area contributed by atoms with E-state index in [0.29, 0.717) is 35.3 Å². The van der Waals surface area contributed by atoms with Crippen LogP contribution in [0, 0.1) is 0 Å². The van der Waals surface area contributed by atoms with Crippen molar-refractivity contribution in [2.24, 2.45) is 5.10 Å². The summed E-state index contributed by atoms with van der Waals surface area (Å²) in [7, 11) is 0. The fourth-order valence-electron chi connectivity index (χ4n) is 2.02. The Kier molecular flexibility index (Phi) is 6.63. The van der Waals surface area contributed by atoms with E-state index in [0.717, 1.165) is 5.56 Å². The van der Waals surface area contributed by atoms with Crippen LogP contribution in [0.15, 0.2) is 47.6 Å². The van der Waals surface area contributed by atoms with Gasteiger partial charge in [-0.15, -0.1) is 0 Å². The maximum Gasteiger partial charge on any atom is 0.272 e. The molecule has 0 saturated heterocycles. The SMILES string of the molecule is CCOc1ccc(/C=N\NC(=O)c2ccccc2Cl)cc1OCC. The topological polar surface area (TPSA) is 59.9 Å². The number of carbonyl (C=O) groups is 1. The third kappa shape index (κ3) is 4.73. The van der Waals surface area contributed by atoms with Gasteiger partial charge in [-0.05, 0) is 49.7 Å². The Morgan fingerprint density at radius 2 is 1.83 bits per heavy atom. The molecule has 1 amide bonds. The molecule has 0 aliphatic heterocycles. The van der Waals surface area contributed by atoms with Crippen molar-refractivity contribution in [3.05, 3.63) is 58.6 Å². The molecule has 2 aromatic carbocycles. The average molecular weight is 347 g/mol. The summed E-state index contributed by atoms with van der Waals surface area (Å²) in [6.07, 6.45) is 1.53. The molecule has 2 aromatic rings. The van der Waals surface area contributed by atoms with E-state index in [1.807, 2.05) is 26.0 Å². The summed E-state index contributed by atoms with van der Waals surface area (Å²) in [5, 5.41) is 4.34. The Balaban J connectivity index is 2.07.